The molecule has 0 aromatic heterocycles. The highest BCUT2D eigenvalue weighted by atomic mass is 16.7. The Hall–Kier alpha value is -5.25. The van der Waals surface area contributed by atoms with Crippen molar-refractivity contribution in [1.82, 2.24) is 5.32 Å². The second kappa shape index (κ2) is 33.1. The number of aliphatic hydroxyl groups excluding tert-OH is 6. The van der Waals surface area contributed by atoms with Gasteiger partial charge in [-0.25, -0.2) is 0 Å². The standard InChI is InChI=1S/C46H51NO9/c1-3-5-7-9-11-13-15-17-18-19-20-21-22-23-25-27-29-31-33-35-41(50)47-38(37-55-46-45(54)44(53)43(52)40(36-48)56-46)42(51)39(49)34-32-30-28-26-24-16-14-12-10-8-6-4-2/h38-40,42-46,48-49,51-54H,4,6,8,10,12,14,16,24,26,28,30,32,34,36-37H2,1-2H3,(H,47,50)/t38-,39+,40?,42-,43-,44-,45?,46-/m0/s1. The van der Waals surface area contributed by atoms with Crippen LogP contribution in [0, 0.1) is 118 Å². The second-order valence-corrected chi connectivity index (χ2v) is 12.5. The molecule has 7 N–H and O–H groups in total. The molecule has 0 aliphatic carbocycles. The van der Waals surface area contributed by atoms with Crippen molar-refractivity contribution in [3.05, 3.63) is 0 Å². The second-order valence-electron chi connectivity index (χ2n) is 12.5. The molecule has 0 saturated carbocycles. The van der Waals surface area contributed by atoms with Gasteiger partial charge in [-0.05, 0) is 108 Å². The predicted molar refractivity (Wildman–Crippen MR) is 213 cm³/mol. The van der Waals surface area contributed by atoms with Crippen molar-refractivity contribution in [3.8, 4) is 118 Å². The Kier molecular flexibility index (Phi) is 28.8. The van der Waals surface area contributed by atoms with Crippen LogP contribution in [0.25, 0.3) is 0 Å². The van der Waals surface area contributed by atoms with E-state index in [-0.39, 0.29) is 6.42 Å². The maximum Gasteiger partial charge on any atom is 0.297 e. The molecule has 1 aliphatic heterocycles. The zero-order valence-electron chi connectivity index (χ0n) is 32.1. The minimum absolute atomic E-state index is 0.263. The smallest absolute Gasteiger partial charge is 0.297 e. The van der Waals surface area contributed by atoms with Crippen molar-refractivity contribution in [3.63, 3.8) is 0 Å². The highest BCUT2D eigenvalue weighted by molar-refractivity contribution is 5.94. The van der Waals surface area contributed by atoms with Crippen LogP contribution in [0.4, 0.5) is 0 Å². The third-order valence-electron chi connectivity index (χ3n) is 8.13. The average molecular weight is 762 g/mol. The van der Waals surface area contributed by atoms with E-state index in [4.69, 9.17) is 9.47 Å². The molecular formula is C46H51NO9. The van der Waals surface area contributed by atoms with E-state index in [0.717, 1.165) is 19.3 Å². The van der Waals surface area contributed by atoms with Crippen LogP contribution in [0.3, 0.4) is 0 Å². The Balaban J connectivity index is 2.75. The molecule has 0 radical (unpaired) electrons. The van der Waals surface area contributed by atoms with Gasteiger partial charge in [-0.15, -0.1) is 0 Å². The lowest BCUT2D eigenvalue weighted by Crippen LogP contribution is -2.60. The van der Waals surface area contributed by atoms with Gasteiger partial charge in [0.25, 0.3) is 5.91 Å². The Labute approximate surface area is 333 Å². The number of hydrogen-bond acceptors (Lipinski definition) is 9. The molecule has 0 bridgehead atoms. The van der Waals surface area contributed by atoms with E-state index in [0.29, 0.717) is 6.42 Å². The third-order valence-corrected chi connectivity index (χ3v) is 8.13. The molecule has 0 aromatic rings. The quantitative estimate of drug-likeness (QED) is 0.0712. The zero-order valence-corrected chi connectivity index (χ0v) is 32.1. The molecular weight excluding hydrogens is 711 g/mol. The number of aliphatic hydroxyl groups is 6. The predicted octanol–water partition coefficient (Wildman–Crippen LogP) is 1.15. The molecule has 0 spiro atoms. The summed E-state index contributed by atoms with van der Waals surface area (Å²) in [4.78, 5) is 12.6. The molecule has 1 heterocycles. The van der Waals surface area contributed by atoms with Gasteiger partial charge < -0.3 is 45.4 Å². The number of unbranched alkanes of at least 4 members (excludes halogenated alkanes) is 11. The highest BCUT2D eigenvalue weighted by Crippen LogP contribution is 2.23. The molecule has 1 fully saturated rings. The fourth-order valence-corrected chi connectivity index (χ4v) is 5.12. The molecule has 56 heavy (non-hydrogen) atoms. The first-order valence-corrected chi connectivity index (χ1v) is 18.8. The largest absolute Gasteiger partial charge is 0.394 e. The van der Waals surface area contributed by atoms with E-state index in [2.05, 4.69) is 131 Å². The number of carbonyl (C=O) groups is 1. The molecule has 1 rings (SSSR count). The normalized spacial score (nSPS) is 18.8. The summed E-state index contributed by atoms with van der Waals surface area (Å²) in [5, 5.41) is 64.3. The number of amides is 1. The number of hydrogen-bond donors (Lipinski definition) is 7. The van der Waals surface area contributed by atoms with E-state index in [1.807, 2.05) is 0 Å². The van der Waals surface area contributed by atoms with Gasteiger partial charge >= 0.3 is 0 Å². The Bertz CT molecular complexity index is 1860. The van der Waals surface area contributed by atoms with Crippen molar-refractivity contribution in [2.45, 2.75) is 146 Å². The van der Waals surface area contributed by atoms with Crippen LogP contribution in [-0.2, 0) is 14.3 Å². The molecule has 294 valence electrons. The first-order valence-electron chi connectivity index (χ1n) is 18.8. The third kappa shape index (κ3) is 23.5. The summed E-state index contributed by atoms with van der Waals surface area (Å²) in [6.07, 6.45) is 3.55. The summed E-state index contributed by atoms with van der Waals surface area (Å²) >= 11 is 0. The lowest BCUT2D eigenvalue weighted by molar-refractivity contribution is -0.303. The van der Waals surface area contributed by atoms with Crippen LogP contribution in [0.1, 0.15) is 97.3 Å². The van der Waals surface area contributed by atoms with Crippen LogP contribution in [0.2, 0.25) is 0 Å². The fourth-order valence-electron chi connectivity index (χ4n) is 5.12. The summed E-state index contributed by atoms with van der Waals surface area (Å²) in [5.41, 5.74) is 0. The number of rotatable bonds is 20. The molecule has 10 nitrogen and oxygen atoms in total. The molecule has 1 amide bonds. The zero-order chi connectivity index (χ0) is 41.1. The molecule has 10 heteroatoms. The summed E-state index contributed by atoms with van der Waals surface area (Å²) in [6, 6.07) is -1.23. The maximum atomic E-state index is 12.6. The van der Waals surface area contributed by atoms with Gasteiger partial charge in [0.05, 0.1) is 25.4 Å². The van der Waals surface area contributed by atoms with Gasteiger partial charge in [-0.3, -0.25) is 4.79 Å². The molecule has 0 aromatic carbocycles. The summed E-state index contributed by atoms with van der Waals surface area (Å²) in [7, 11) is 0. The van der Waals surface area contributed by atoms with Crippen molar-refractivity contribution >= 4 is 5.91 Å². The van der Waals surface area contributed by atoms with Crippen LogP contribution in [0.5, 0.6) is 0 Å². The van der Waals surface area contributed by atoms with E-state index in [9.17, 15) is 35.4 Å². The lowest BCUT2D eigenvalue weighted by atomic mass is 9.98. The van der Waals surface area contributed by atoms with E-state index >= 15 is 0 Å². The van der Waals surface area contributed by atoms with Crippen LogP contribution in [0.15, 0.2) is 0 Å². The molecule has 2 unspecified atom stereocenters. The van der Waals surface area contributed by atoms with Crippen LogP contribution >= 0.6 is 0 Å². The van der Waals surface area contributed by atoms with Crippen molar-refractivity contribution in [1.29, 1.82) is 0 Å². The monoisotopic (exact) mass is 761 g/mol. The SMILES string of the molecule is CC#CC#CC#CC#CC#CC#CC#CC#CC#CC#CC(=O)N[C@@H](CO[C@H]1OC(CO)[C@H](O)[C@H](O)C1O)[C@H](O)[C@H](O)CCCCCCCCCCCCCC. The Morgan fingerprint density at radius 3 is 1.50 bits per heavy atom. The number of nitrogens with one attached hydrogen (secondary N) is 1. The highest BCUT2D eigenvalue weighted by Gasteiger charge is 2.44. The molecule has 1 aliphatic rings. The first kappa shape index (κ1) is 48.8. The van der Waals surface area contributed by atoms with Crippen LogP contribution in [-0.4, -0.2) is 98.7 Å². The molecule has 1 saturated heterocycles. The Morgan fingerprint density at radius 2 is 1.05 bits per heavy atom. The van der Waals surface area contributed by atoms with Crippen molar-refractivity contribution < 1.29 is 44.9 Å². The number of carbonyl (C=O) groups excluding carboxylic acids is 1. The van der Waals surface area contributed by atoms with E-state index in [1.54, 1.807) is 6.92 Å². The fraction of sp³-hybridized carbons (Fsp3) is 0.543. The van der Waals surface area contributed by atoms with Gasteiger partial charge in [0, 0.05) is 17.8 Å². The van der Waals surface area contributed by atoms with Gasteiger partial charge in [0.15, 0.2) is 6.29 Å². The summed E-state index contributed by atoms with van der Waals surface area (Å²) < 4.78 is 10.9. The van der Waals surface area contributed by atoms with Gasteiger partial charge in [-0.1, -0.05) is 89.9 Å². The van der Waals surface area contributed by atoms with Crippen molar-refractivity contribution in [2.75, 3.05) is 13.2 Å². The average Bonchev–Trinajstić information content (AvgIpc) is 3.20. The molecule has 8 atom stereocenters. The minimum atomic E-state index is -1.70. The Morgan fingerprint density at radius 1 is 0.625 bits per heavy atom. The minimum Gasteiger partial charge on any atom is -0.394 e. The van der Waals surface area contributed by atoms with Crippen molar-refractivity contribution in [2.24, 2.45) is 0 Å². The summed E-state index contributed by atoms with van der Waals surface area (Å²) in [5.74, 6) is 48.4. The van der Waals surface area contributed by atoms with Gasteiger partial charge in [0.1, 0.15) is 30.5 Å². The van der Waals surface area contributed by atoms with E-state index in [1.165, 1.54) is 51.4 Å². The van der Waals surface area contributed by atoms with Gasteiger partial charge in [-0.2, -0.15) is 0 Å². The van der Waals surface area contributed by atoms with Gasteiger partial charge in [0.2, 0.25) is 0 Å². The summed E-state index contributed by atoms with van der Waals surface area (Å²) in [6.45, 7) is 2.74. The van der Waals surface area contributed by atoms with Crippen LogP contribution < -0.4 is 5.32 Å². The maximum absolute atomic E-state index is 12.6. The van der Waals surface area contributed by atoms with E-state index < -0.39 is 68.1 Å². The topological polar surface area (TPSA) is 169 Å². The number of ether oxygens (including phenoxy) is 2. The first-order chi connectivity index (χ1) is 27.3. The lowest BCUT2D eigenvalue weighted by Gasteiger charge is -2.40.